The molecule has 1 rings (SSSR count). The maximum Gasteiger partial charge on any atom is 0.231 e. The van der Waals surface area contributed by atoms with Crippen LogP contribution in [0.3, 0.4) is 0 Å². The topological polar surface area (TPSA) is 53.9 Å². The van der Waals surface area contributed by atoms with E-state index < -0.39 is 0 Å². The fourth-order valence-electron chi connectivity index (χ4n) is 1.62. The van der Waals surface area contributed by atoms with Crippen LogP contribution in [0, 0.1) is 5.92 Å². The first-order valence-corrected chi connectivity index (χ1v) is 8.46. The van der Waals surface area contributed by atoms with Crippen molar-refractivity contribution >= 4 is 23.7 Å². The van der Waals surface area contributed by atoms with Gasteiger partial charge in [0, 0.05) is 25.4 Å². The van der Waals surface area contributed by atoms with Gasteiger partial charge in [-0.1, -0.05) is 32.5 Å². The lowest BCUT2D eigenvalue weighted by atomic mass is 10.3. The second-order valence-corrected chi connectivity index (χ2v) is 6.03. The van der Waals surface area contributed by atoms with Crippen LogP contribution in [-0.4, -0.2) is 40.3 Å². The molecule has 114 valence electrons. The number of thioether (sulfide) groups is 1. The highest BCUT2D eigenvalue weighted by Gasteiger charge is 2.11. The maximum atomic E-state index is 4.58. The highest BCUT2D eigenvalue weighted by molar-refractivity contribution is 7.99. The Labute approximate surface area is 127 Å². The van der Waals surface area contributed by atoms with E-state index in [4.69, 9.17) is 0 Å². The molecule has 5 nitrogen and oxygen atoms in total. The third kappa shape index (κ3) is 5.53. The molecule has 0 saturated heterocycles. The summed E-state index contributed by atoms with van der Waals surface area (Å²) in [5.41, 5.74) is 0. The lowest BCUT2D eigenvalue weighted by Gasteiger charge is -2.19. The molecule has 1 aromatic rings. The van der Waals surface area contributed by atoms with E-state index in [9.17, 15) is 0 Å². The highest BCUT2D eigenvalue weighted by Crippen LogP contribution is 2.20. The van der Waals surface area contributed by atoms with Gasteiger partial charge in [0.15, 0.2) is 5.16 Å². The minimum absolute atomic E-state index is 0.626. The Morgan fingerprint density at radius 2 is 1.80 bits per heavy atom. The summed E-state index contributed by atoms with van der Waals surface area (Å²) >= 11 is 1.70. The Bertz CT molecular complexity index is 393. The Kier molecular flexibility index (Phi) is 7.65. The molecule has 6 heteroatoms. The second-order valence-electron chi connectivity index (χ2n) is 5.05. The van der Waals surface area contributed by atoms with E-state index in [0.29, 0.717) is 11.9 Å². The molecule has 0 atom stereocenters. The number of rotatable bonds is 9. The van der Waals surface area contributed by atoms with Crippen LogP contribution in [0.15, 0.2) is 5.16 Å². The van der Waals surface area contributed by atoms with Gasteiger partial charge in [-0.15, -0.1) is 0 Å². The van der Waals surface area contributed by atoms with Crippen LogP contribution in [0.1, 0.15) is 41.0 Å². The van der Waals surface area contributed by atoms with Crippen LogP contribution < -0.4 is 10.2 Å². The summed E-state index contributed by atoms with van der Waals surface area (Å²) < 4.78 is 0. The molecule has 20 heavy (non-hydrogen) atoms. The van der Waals surface area contributed by atoms with Crippen molar-refractivity contribution in [1.29, 1.82) is 0 Å². The van der Waals surface area contributed by atoms with Gasteiger partial charge in [0.1, 0.15) is 0 Å². The molecule has 0 saturated carbocycles. The van der Waals surface area contributed by atoms with Crippen LogP contribution in [0.2, 0.25) is 0 Å². The molecular weight excluding hydrogens is 270 g/mol. The molecule has 0 radical (unpaired) electrons. The van der Waals surface area contributed by atoms with E-state index in [1.807, 2.05) is 0 Å². The van der Waals surface area contributed by atoms with Crippen molar-refractivity contribution in [3.8, 4) is 0 Å². The zero-order valence-electron chi connectivity index (χ0n) is 13.3. The Morgan fingerprint density at radius 1 is 1.10 bits per heavy atom. The quantitative estimate of drug-likeness (QED) is 0.706. The van der Waals surface area contributed by atoms with Gasteiger partial charge in [0.25, 0.3) is 0 Å². The zero-order valence-corrected chi connectivity index (χ0v) is 14.1. The summed E-state index contributed by atoms with van der Waals surface area (Å²) in [6.07, 6.45) is 1.06. The van der Waals surface area contributed by atoms with Crippen molar-refractivity contribution in [2.75, 3.05) is 35.6 Å². The minimum atomic E-state index is 0.626. The van der Waals surface area contributed by atoms with Gasteiger partial charge in [-0.25, -0.2) is 0 Å². The monoisotopic (exact) mass is 297 g/mol. The smallest absolute Gasteiger partial charge is 0.231 e. The van der Waals surface area contributed by atoms with E-state index in [1.54, 1.807) is 11.8 Å². The van der Waals surface area contributed by atoms with Crippen LogP contribution in [-0.2, 0) is 0 Å². The average Bonchev–Trinajstić information content (AvgIpc) is 2.44. The van der Waals surface area contributed by atoms with Gasteiger partial charge >= 0.3 is 0 Å². The summed E-state index contributed by atoms with van der Waals surface area (Å²) in [7, 11) is 0. The number of anilines is 2. The van der Waals surface area contributed by atoms with Gasteiger partial charge in [-0.2, -0.15) is 15.0 Å². The fraction of sp³-hybridized carbons (Fsp3) is 0.786. The standard InChI is InChI=1S/C14H27N5S/c1-6-9-15-12-16-13(19(7-2)8-3)18-14(17-12)20-10-11(4)5/h11H,6-10H2,1-5H3,(H,15,16,17,18). The van der Waals surface area contributed by atoms with Crippen molar-refractivity contribution in [3.05, 3.63) is 0 Å². The number of nitrogens with zero attached hydrogens (tertiary/aromatic N) is 4. The van der Waals surface area contributed by atoms with Crippen LogP contribution in [0.5, 0.6) is 0 Å². The lowest BCUT2D eigenvalue weighted by molar-refractivity contribution is 0.743. The largest absolute Gasteiger partial charge is 0.354 e. The van der Waals surface area contributed by atoms with Crippen molar-refractivity contribution in [2.45, 2.75) is 46.2 Å². The van der Waals surface area contributed by atoms with Crippen molar-refractivity contribution in [2.24, 2.45) is 5.92 Å². The molecule has 0 unspecified atom stereocenters. The molecule has 1 N–H and O–H groups in total. The van der Waals surface area contributed by atoms with Crippen LogP contribution in [0.4, 0.5) is 11.9 Å². The molecule has 0 aliphatic heterocycles. The lowest BCUT2D eigenvalue weighted by Crippen LogP contribution is -2.25. The Hall–Kier alpha value is -1.04. The van der Waals surface area contributed by atoms with E-state index in [0.717, 1.165) is 42.9 Å². The van der Waals surface area contributed by atoms with Gasteiger partial charge in [-0.05, 0) is 26.2 Å². The highest BCUT2D eigenvalue weighted by atomic mass is 32.2. The summed E-state index contributed by atoms with van der Waals surface area (Å²) in [5.74, 6) is 3.11. The third-order valence-electron chi connectivity index (χ3n) is 2.73. The first kappa shape index (κ1) is 17.0. The first-order valence-electron chi connectivity index (χ1n) is 7.48. The van der Waals surface area contributed by atoms with E-state index >= 15 is 0 Å². The van der Waals surface area contributed by atoms with E-state index in [2.05, 4.69) is 59.8 Å². The number of hydrogen-bond donors (Lipinski definition) is 1. The van der Waals surface area contributed by atoms with Crippen molar-refractivity contribution in [1.82, 2.24) is 15.0 Å². The SMILES string of the molecule is CCCNc1nc(SCC(C)C)nc(N(CC)CC)n1. The molecular formula is C14H27N5S. The number of aromatic nitrogens is 3. The van der Waals surface area contributed by atoms with E-state index in [-0.39, 0.29) is 0 Å². The molecule has 1 heterocycles. The molecule has 0 aromatic carbocycles. The summed E-state index contributed by atoms with van der Waals surface area (Å²) in [6, 6.07) is 0. The van der Waals surface area contributed by atoms with Gasteiger partial charge in [0.05, 0.1) is 0 Å². The summed E-state index contributed by atoms with van der Waals surface area (Å²) in [6.45, 7) is 13.5. The molecule has 0 bridgehead atoms. The van der Waals surface area contributed by atoms with Crippen molar-refractivity contribution < 1.29 is 0 Å². The third-order valence-corrected chi connectivity index (χ3v) is 4.00. The molecule has 0 aliphatic rings. The van der Waals surface area contributed by atoms with E-state index in [1.165, 1.54) is 0 Å². The summed E-state index contributed by atoms with van der Waals surface area (Å²) in [4.78, 5) is 15.7. The molecule has 1 aromatic heterocycles. The summed E-state index contributed by atoms with van der Waals surface area (Å²) in [5, 5.41) is 4.08. The second kappa shape index (κ2) is 9.00. The normalized spacial score (nSPS) is 10.9. The maximum absolute atomic E-state index is 4.58. The number of hydrogen-bond acceptors (Lipinski definition) is 6. The van der Waals surface area contributed by atoms with Crippen LogP contribution >= 0.6 is 11.8 Å². The predicted octanol–water partition coefficient (Wildman–Crippen LogP) is 3.29. The Balaban J connectivity index is 2.93. The fourth-order valence-corrected chi connectivity index (χ4v) is 2.39. The predicted molar refractivity (Wildman–Crippen MR) is 87.7 cm³/mol. The van der Waals surface area contributed by atoms with Gasteiger partial charge < -0.3 is 10.2 Å². The average molecular weight is 297 g/mol. The molecule has 0 spiro atoms. The molecule has 0 amide bonds. The zero-order chi connectivity index (χ0) is 15.0. The Morgan fingerprint density at radius 3 is 2.35 bits per heavy atom. The molecule has 0 aliphatic carbocycles. The first-order chi connectivity index (χ1) is 9.60. The number of nitrogens with one attached hydrogen (secondary N) is 1. The van der Waals surface area contributed by atoms with Gasteiger partial charge in [0.2, 0.25) is 11.9 Å². The van der Waals surface area contributed by atoms with Crippen LogP contribution in [0.25, 0.3) is 0 Å². The minimum Gasteiger partial charge on any atom is -0.354 e. The van der Waals surface area contributed by atoms with Gasteiger partial charge in [-0.3, -0.25) is 0 Å². The van der Waals surface area contributed by atoms with Crippen molar-refractivity contribution in [3.63, 3.8) is 0 Å². The molecule has 0 fully saturated rings.